The molecule has 0 amide bonds. The van der Waals surface area contributed by atoms with Crippen LogP contribution in [-0.2, 0) is 14.3 Å². The van der Waals surface area contributed by atoms with Crippen molar-refractivity contribution in [2.75, 3.05) is 6.61 Å². The number of carbonyl (C=O) groups is 2. The zero-order valence-electron chi connectivity index (χ0n) is 17.4. The molecule has 4 nitrogen and oxygen atoms in total. The van der Waals surface area contributed by atoms with E-state index in [-0.39, 0.29) is 31.0 Å². The van der Waals surface area contributed by atoms with Gasteiger partial charge in [-0.1, -0.05) is 90.4 Å². The van der Waals surface area contributed by atoms with Crippen LogP contribution in [0.25, 0.3) is 0 Å². The summed E-state index contributed by atoms with van der Waals surface area (Å²) in [5.41, 5.74) is 0. The third-order valence-corrected chi connectivity index (χ3v) is 4.10. The molecule has 0 saturated carbocycles. The van der Waals surface area contributed by atoms with Crippen LogP contribution in [0.2, 0.25) is 0 Å². The van der Waals surface area contributed by atoms with Gasteiger partial charge in [0.05, 0.1) is 6.61 Å². The normalized spacial score (nSPS) is 10.6. The Morgan fingerprint density at radius 1 is 0.760 bits per heavy atom. The monoisotopic (exact) mass is 364 g/mol. The van der Waals surface area contributed by atoms with Gasteiger partial charge in [0, 0.05) is 12.2 Å². The molecule has 0 fully saturated rings. The van der Waals surface area contributed by atoms with Gasteiger partial charge in [-0.15, -0.1) is 0 Å². The van der Waals surface area contributed by atoms with Crippen LogP contribution < -0.4 is 29.6 Å². The average Bonchev–Trinajstić information content (AvgIpc) is 2.56. The van der Waals surface area contributed by atoms with E-state index in [1.807, 2.05) is 0 Å². The molecule has 0 spiro atoms. The molecular weight excluding hydrogens is 327 g/mol. The summed E-state index contributed by atoms with van der Waals surface area (Å²) in [5, 5.41) is 8.37. The van der Waals surface area contributed by atoms with Gasteiger partial charge in [0.15, 0.2) is 0 Å². The molecule has 0 aromatic carbocycles. The smallest absolute Gasteiger partial charge is 1.00 e. The van der Waals surface area contributed by atoms with E-state index in [2.05, 4.69) is 6.92 Å². The summed E-state index contributed by atoms with van der Waals surface area (Å²) in [6, 6.07) is 0. The number of carbonyl (C=O) groups excluding carboxylic acids is 1. The second-order valence-electron chi connectivity index (χ2n) is 6.44. The second kappa shape index (κ2) is 21.7. The third-order valence-electron chi connectivity index (χ3n) is 4.10. The molecule has 0 aromatic heterocycles. The zero-order chi connectivity index (χ0) is 17.9. The van der Waals surface area contributed by atoms with E-state index in [1.54, 1.807) is 0 Å². The Balaban J connectivity index is -0.00000264. The van der Waals surface area contributed by atoms with Crippen LogP contribution in [0.4, 0.5) is 0 Å². The number of carboxylic acids is 1. The van der Waals surface area contributed by atoms with Gasteiger partial charge in [-0.3, -0.25) is 0 Å². The first kappa shape index (κ1) is 26.9. The minimum absolute atomic E-state index is 0. The van der Waals surface area contributed by atoms with Gasteiger partial charge < -0.3 is 11.3 Å². The minimum Gasteiger partial charge on any atom is -1.00 e. The molecule has 142 valence electrons. The quantitative estimate of drug-likeness (QED) is 0.187. The van der Waals surface area contributed by atoms with Gasteiger partial charge in [-0.2, -0.15) is 0 Å². The first-order valence-electron chi connectivity index (χ1n) is 9.74. The van der Waals surface area contributed by atoms with Crippen molar-refractivity contribution >= 4 is 11.9 Å². The molecule has 0 aliphatic carbocycles. The number of carboxylic acid groups (broad SMARTS) is 1. The molecule has 0 saturated heterocycles. The number of ether oxygens (including phenoxy) is 1. The minimum atomic E-state index is -1.14. The SMILES string of the molecule is CCCCCCCCCCCCCCCCOC(=O)/C=C\C(=O)O.[H-].[Na+]. The number of hydrogen-bond donors (Lipinski definition) is 1. The van der Waals surface area contributed by atoms with Crippen LogP contribution >= 0.6 is 0 Å². The fourth-order valence-electron chi connectivity index (χ4n) is 2.66. The first-order valence-corrected chi connectivity index (χ1v) is 9.74. The largest absolute Gasteiger partial charge is 1.00 e. The Labute approximate surface area is 177 Å². The first-order chi connectivity index (χ1) is 11.7. The summed E-state index contributed by atoms with van der Waals surface area (Å²) in [7, 11) is 0. The molecule has 0 heterocycles. The van der Waals surface area contributed by atoms with E-state index in [9.17, 15) is 9.59 Å². The van der Waals surface area contributed by atoms with Crippen LogP contribution in [0.1, 0.15) is 98.2 Å². The Hall–Kier alpha value is -0.320. The summed E-state index contributed by atoms with van der Waals surface area (Å²) in [4.78, 5) is 21.3. The number of rotatable bonds is 17. The van der Waals surface area contributed by atoms with Gasteiger partial charge in [0.25, 0.3) is 0 Å². The number of esters is 1. The molecule has 25 heavy (non-hydrogen) atoms. The van der Waals surface area contributed by atoms with Gasteiger partial charge in [0.1, 0.15) is 0 Å². The average molecular weight is 365 g/mol. The summed E-state index contributed by atoms with van der Waals surface area (Å²) in [5.74, 6) is -1.71. The molecule has 0 radical (unpaired) electrons. The molecule has 0 aliphatic rings. The molecule has 1 N–H and O–H groups in total. The third kappa shape index (κ3) is 23.7. The summed E-state index contributed by atoms with van der Waals surface area (Å²) in [6.45, 7) is 2.63. The van der Waals surface area contributed by atoms with Gasteiger partial charge in [-0.25, -0.2) is 9.59 Å². The van der Waals surface area contributed by atoms with Crippen molar-refractivity contribution < 1.29 is 50.4 Å². The summed E-state index contributed by atoms with van der Waals surface area (Å²) in [6.07, 6.45) is 19.8. The van der Waals surface area contributed by atoms with Crippen LogP contribution in [0, 0.1) is 0 Å². The van der Waals surface area contributed by atoms with Crippen molar-refractivity contribution in [3.63, 3.8) is 0 Å². The zero-order valence-corrected chi connectivity index (χ0v) is 18.4. The maximum atomic E-state index is 11.1. The van der Waals surface area contributed by atoms with Crippen LogP contribution in [-0.4, -0.2) is 23.7 Å². The van der Waals surface area contributed by atoms with Crippen LogP contribution in [0.15, 0.2) is 12.2 Å². The second-order valence-corrected chi connectivity index (χ2v) is 6.44. The number of unbranched alkanes of at least 4 members (excludes halogenated alkanes) is 13. The van der Waals surface area contributed by atoms with E-state index in [4.69, 9.17) is 9.84 Å². The standard InChI is InChI=1S/C20H36O4.Na.H/c1-2-3-4-5-6-7-8-9-10-11-12-13-14-15-18-24-20(23)17-16-19(21)22;;/h16-17H,2-15,18H2,1H3,(H,21,22);;/q;+1;-1/b17-16-;;. The van der Waals surface area contributed by atoms with E-state index < -0.39 is 11.9 Å². The van der Waals surface area contributed by atoms with Crippen molar-refractivity contribution in [2.24, 2.45) is 0 Å². The molecular formula is C20H37NaO4. The summed E-state index contributed by atoms with van der Waals surface area (Å²) >= 11 is 0. The van der Waals surface area contributed by atoms with Crippen molar-refractivity contribution in [1.29, 1.82) is 0 Å². The van der Waals surface area contributed by atoms with E-state index in [1.165, 1.54) is 77.0 Å². The molecule has 0 rings (SSSR count). The summed E-state index contributed by atoms with van der Waals surface area (Å²) < 4.78 is 4.91. The van der Waals surface area contributed by atoms with Gasteiger partial charge in [0.2, 0.25) is 0 Å². The Kier molecular flexibility index (Phi) is 23.4. The topological polar surface area (TPSA) is 63.6 Å². The fraction of sp³-hybridized carbons (Fsp3) is 0.800. The maximum Gasteiger partial charge on any atom is 1.00 e. The maximum absolute atomic E-state index is 11.1. The molecule has 0 atom stereocenters. The predicted molar refractivity (Wildman–Crippen MR) is 99.2 cm³/mol. The van der Waals surface area contributed by atoms with Crippen molar-refractivity contribution in [3.05, 3.63) is 12.2 Å². The Morgan fingerprint density at radius 3 is 1.56 bits per heavy atom. The van der Waals surface area contributed by atoms with Crippen LogP contribution in [0.3, 0.4) is 0 Å². The van der Waals surface area contributed by atoms with Crippen molar-refractivity contribution in [2.45, 2.75) is 96.8 Å². The molecule has 0 unspecified atom stereocenters. The molecule has 0 aromatic rings. The van der Waals surface area contributed by atoms with Crippen molar-refractivity contribution in [1.82, 2.24) is 0 Å². The van der Waals surface area contributed by atoms with Gasteiger partial charge >= 0.3 is 41.5 Å². The molecule has 0 aliphatic heterocycles. The van der Waals surface area contributed by atoms with E-state index in [0.29, 0.717) is 6.61 Å². The molecule has 5 heteroatoms. The number of aliphatic carboxylic acids is 1. The predicted octanol–water partition coefficient (Wildman–Crippen LogP) is 2.77. The van der Waals surface area contributed by atoms with E-state index in [0.717, 1.165) is 25.0 Å². The van der Waals surface area contributed by atoms with Gasteiger partial charge in [-0.05, 0) is 6.42 Å². The van der Waals surface area contributed by atoms with E-state index >= 15 is 0 Å². The fourth-order valence-corrected chi connectivity index (χ4v) is 2.66. The number of hydrogen-bond acceptors (Lipinski definition) is 3. The molecule has 0 bridgehead atoms. The Bertz CT molecular complexity index is 349. The Morgan fingerprint density at radius 2 is 1.16 bits per heavy atom. The van der Waals surface area contributed by atoms with Crippen LogP contribution in [0.5, 0.6) is 0 Å². The van der Waals surface area contributed by atoms with Crippen molar-refractivity contribution in [3.8, 4) is 0 Å².